The minimum atomic E-state index is -0.331. The maximum absolute atomic E-state index is 11.9. The van der Waals surface area contributed by atoms with Gasteiger partial charge in [0.2, 0.25) is 11.4 Å². The van der Waals surface area contributed by atoms with Gasteiger partial charge in [-0.15, -0.1) is 10.2 Å². The van der Waals surface area contributed by atoms with Crippen LogP contribution in [-0.4, -0.2) is 26.2 Å². The van der Waals surface area contributed by atoms with Crippen molar-refractivity contribution in [2.24, 2.45) is 0 Å². The number of nitrogens with one attached hydrogen (secondary N) is 1. The fourth-order valence-electron chi connectivity index (χ4n) is 1.25. The Morgan fingerprint density at radius 3 is 2.72 bits per heavy atom. The van der Waals surface area contributed by atoms with E-state index in [1.807, 2.05) is 13.8 Å². The van der Waals surface area contributed by atoms with E-state index < -0.39 is 0 Å². The van der Waals surface area contributed by atoms with Crippen LogP contribution < -0.4 is 5.32 Å². The predicted molar refractivity (Wildman–Crippen MR) is 64.2 cm³/mol. The van der Waals surface area contributed by atoms with E-state index in [1.54, 1.807) is 6.92 Å². The Hall–Kier alpha value is -1.83. The van der Waals surface area contributed by atoms with Crippen molar-refractivity contribution in [1.29, 1.82) is 0 Å². The highest BCUT2D eigenvalue weighted by Gasteiger charge is 2.18. The fraction of sp³-hybridized carbons (Fsp3) is 0.500. The minimum Gasteiger partial charge on any atom is -0.343 e. The summed E-state index contributed by atoms with van der Waals surface area (Å²) in [5.41, 5.74) is 0. The molecule has 0 aliphatic rings. The van der Waals surface area contributed by atoms with Gasteiger partial charge in [-0.25, -0.2) is 0 Å². The number of nitrogens with zero attached hydrogens (tertiary/aromatic N) is 4. The number of carbonyl (C=O) groups is 1. The van der Waals surface area contributed by atoms with Gasteiger partial charge in [-0.3, -0.25) is 4.79 Å². The van der Waals surface area contributed by atoms with Crippen LogP contribution in [-0.2, 0) is 0 Å². The zero-order chi connectivity index (χ0) is 13.1. The molecule has 96 valence electrons. The van der Waals surface area contributed by atoms with E-state index in [1.165, 1.54) is 17.7 Å². The Morgan fingerprint density at radius 1 is 1.39 bits per heavy atom. The summed E-state index contributed by atoms with van der Waals surface area (Å²) in [5, 5.41) is 15.4. The maximum atomic E-state index is 11.9. The van der Waals surface area contributed by atoms with Crippen LogP contribution in [0.5, 0.6) is 0 Å². The van der Waals surface area contributed by atoms with Crippen molar-refractivity contribution in [2.75, 3.05) is 0 Å². The van der Waals surface area contributed by atoms with Crippen molar-refractivity contribution in [2.45, 2.75) is 32.7 Å². The SMILES string of the molecule is CC(C)c1nnc(C(=O)NC(C)c2ncon2)s1. The van der Waals surface area contributed by atoms with Gasteiger partial charge in [0.05, 0.1) is 6.04 Å². The van der Waals surface area contributed by atoms with Crippen molar-refractivity contribution < 1.29 is 9.32 Å². The molecule has 1 unspecified atom stereocenters. The summed E-state index contributed by atoms with van der Waals surface area (Å²) in [6, 6.07) is -0.331. The predicted octanol–water partition coefficient (Wildman–Crippen LogP) is 1.54. The van der Waals surface area contributed by atoms with Crippen LogP contribution in [0, 0.1) is 0 Å². The van der Waals surface area contributed by atoms with Gasteiger partial charge in [0.1, 0.15) is 5.01 Å². The Morgan fingerprint density at radius 2 is 2.17 bits per heavy atom. The lowest BCUT2D eigenvalue weighted by Crippen LogP contribution is -2.27. The van der Waals surface area contributed by atoms with Crippen molar-refractivity contribution in [1.82, 2.24) is 25.7 Å². The first-order valence-corrected chi connectivity index (χ1v) is 6.30. The van der Waals surface area contributed by atoms with Gasteiger partial charge in [0.15, 0.2) is 5.82 Å². The lowest BCUT2D eigenvalue weighted by molar-refractivity contribution is 0.0936. The molecule has 0 aromatic carbocycles. The topological polar surface area (TPSA) is 93.8 Å². The lowest BCUT2D eigenvalue weighted by Gasteiger charge is -2.07. The summed E-state index contributed by atoms with van der Waals surface area (Å²) < 4.78 is 4.62. The molecule has 1 amide bonds. The minimum absolute atomic E-state index is 0.263. The van der Waals surface area contributed by atoms with Crippen LogP contribution in [0.1, 0.15) is 53.4 Å². The molecule has 2 aromatic rings. The molecule has 2 heterocycles. The zero-order valence-corrected chi connectivity index (χ0v) is 11.1. The number of carbonyl (C=O) groups excluding carboxylic acids is 1. The smallest absolute Gasteiger partial charge is 0.282 e. The van der Waals surface area contributed by atoms with E-state index in [9.17, 15) is 4.79 Å². The molecule has 0 bridgehead atoms. The molecule has 18 heavy (non-hydrogen) atoms. The number of aromatic nitrogens is 4. The molecule has 0 spiro atoms. The molecule has 0 radical (unpaired) electrons. The molecule has 1 atom stereocenters. The monoisotopic (exact) mass is 267 g/mol. The average molecular weight is 267 g/mol. The lowest BCUT2D eigenvalue weighted by atomic mass is 10.2. The van der Waals surface area contributed by atoms with Crippen molar-refractivity contribution >= 4 is 17.2 Å². The van der Waals surface area contributed by atoms with E-state index >= 15 is 0 Å². The highest BCUT2D eigenvalue weighted by atomic mass is 32.1. The summed E-state index contributed by atoms with van der Waals surface area (Å²) in [6.45, 7) is 5.78. The summed E-state index contributed by atoms with van der Waals surface area (Å²) in [4.78, 5) is 15.8. The quantitative estimate of drug-likeness (QED) is 0.903. The summed E-state index contributed by atoms with van der Waals surface area (Å²) >= 11 is 1.29. The highest BCUT2D eigenvalue weighted by molar-refractivity contribution is 7.13. The molecule has 0 saturated carbocycles. The molecular weight excluding hydrogens is 254 g/mol. The molecule has 2 rings (SSSR count). The van der Waals surface area contributed by atoms with E-state index in [2.05, 4.69) is 30.2 Å². The third-order valence-corrected chi connectivity index (χ3v) is 3.46. The molecule has 8 heteroatoms. The first-order valence-electron chi connectivity index (χ1n) is 5.48. The normalized spacial score (nSPS) is 12.7. The second-order valence-electron chi connectivity index (χ2n) is 4.08. The molecule has 2 aromatic heterocycles. The molecular formula is C10H13N5O2S. The van der Waals surface area contributed by atoms with E-state index in [4.69, 9.17) is 0 Å². The van der Waals surface area contributed by atoms with Gasteiger partial charge in [-0.2, -0.15) is 4.98 Å². The second-order valence-corrected chi connectivity index (χ2v) is 5.09. The van der Waals surface area contributed by atoms with Gasteiger partial charge in [0, 0.05) is 5.92 Å². The molecule has 0 aliphatic carbocycles. The Balaban J connectivity index is 2.03. The van der Waals surface area contributed by atoms with Crippen molar-refractivity contribution in [3.05, 3.63) is 22.2 Å². The number of hydrogen-bond acceptors (Lipinski definition) is 7. The zero-order valence-electron chi connectivity index (χ0n) is 10.2. The number of amides is 1. The molecule has 1 N–H and O–H groups in total. The molecule has 0 fully saturated rings. The van der Waals surface area contributed by atoms with Gasteiger partial charge in [-0.1, -0.05) is 30.3 Å². The summed E-state index contributed by atoms with van der Waals surface area (Å²) in [7, 11) is 0. The van der Waals surface area contributed by atoms with Gasteiger partial charge >= 0.3 is 0 Å². The van der Waals surface area contributed by atoms with Crippen LogP contribution in [0.4, 0.5) is 0 Å². The average Bonchev–Trinajstić information content (AvgIpc) is 3.00. The van der Waals surface area contributed by atoms with Crippen LogP contribution >= 0.6 is 11.3 Å². The standard InChI is InChI=1S/C10H13N5O2S/c1-5(2)9-13-14-10(18-9)8(16)12-6(3)7-11-4-17-15-7/h4-6H,1-3H3,(H,12,16). The molecule has 7 nitrogen and oxygen atoms in total. The molecule has 0 aliphatic heterocycles. The summed E-state index contributed by atoms with van der Waals surface area (Å²) in [6.07, 6.45) is 1.22. The van der Waals surface area contributed by atoms with Gasteiger partial charge in [-0.05, 0) is 6.92 Å². The van der Waals surface area contributed by atoms with E-state index in [-0.39, 0.29) is 17.9 Å². The molecule has 0 saturated heterocycles. The van der Waals surface area contributed by atoms with Crippen LogP contribution in [0.25, 0.3) is 0 Å². The second kappa shape index (κ2) is 5.21. The third-order valence-electron chi connectivity index (χ3n) is 2.24. The van der Waals surface area contributed by atoms with Gasteiger partial charge in [0.25, 0.3) is 5.91 Å². The number of rotatable bonds is 4. The van der Waals surface area contributed by atoms with Crippen molar-refractivity contribution in [3.63, 3.8) is 0 Å². The van der Waals surface area contributed by atoms with Crippen molar-refractivity contribution in [3.8, 4) is 0 Å². The number of hydrogen-bond donors (Lipinski definition) is 1. The summed E-state index contributed by atoms with van der Waals surface area (Å²) in [5.74, 6) is 0.410. The van der Waals surface area contributed by atoms with Crippen LogP contribution in [0.2, 0.25) is 0 Å². The van der Waals surface area contributed by atoms with Crippen LogP contribution in [0.3, 0.4) is 0 Å². The highest BCUT2D eigenvalue weighted by Crippen LogP contribution is 2.19. The van der Waals surface area contributed by atoms with Gasteiger partial charge < -0.3 is 9.84 Å². The Kier molecular flexibility index (Phi) is 3.66. The fourth-order valence-corrected chi connectivity index (χ4v) is 2.00. The largest absolute Gasteiger partial charge is 0.343 e. The Labute approximate surface area is 108 Å². The first kappa shape index (κ1) is 12.6. The maximum Gasteiger partial charge on any atom is 0.282 e. The Bertz CT molecular complexity index is 522. The third kappa shape index (κ3) is 2.70. The van der Waals surface area contributed by atoms with E-state index in [0.717, 1.165) is 5.01 Å². The van der Waals surface area contributed by atoms with E-state index in [0.29, 0.717) is 10.8 Å². The first-order chi connectivity index (χ1) is 8.58. The van der Waals surface area contributed by atoms with Crippen LogP contribution in [0.15, 0.2) is 10.9 Å².